The van der Waals surface area contributed by atoms with E-state index in [1.54, 1.807) is 4.68 Å². The lowest BCUT2D eigenvalue weighted by atomic mass is 10.1. The van der Waals surface area contributed by atoms with Crippen molar-refractivity contribution >= 4 is 5.69 Å². The molecule has 4 nitrogen and oxygen atoms in total. The molecule has 0 bridgehead atoms. The summed E-state index contributed by atoms with van der Waals surface area (Å²) in [5.41, 5.74) is 1.05. The molecule has 1 fully saturated rings. The second-order valence-electron chi connectivity index (χ2n) is 4.44. The standard InChI is InChI=1S/C11H19N3O/c1-9(6-10-2-3-10)13-11-7-12-14(8-11)4-5-15/h7-10,13,15H,2-6H2,1H3. The third-order valence-electron chi connectivity index (χ3n) is 2.76. The highest BCUT2D eigenvalue weighted by Crippen LogP contribution is 2.33. The smallest absolute Gasteiger partial charge is 0.0728 e. The summed E-state index contributed by atoms with van der Waals surface area (Å²) in [5.74, 6) is 0.944. The Bertz CT molecular complexity index is 307. The van der Waals surface area contributed by atoms with Gasteiger partial charge in [0.05, 0.1) is 25.0 Å². The number of aromatic nitrogens is 2. The fraction of sp³-hybridized carbons (Fsp3) is 0.727. The first-order valence-electron chi connectivity index (χ1n) is 5.68. The third-order valence-corrected chi connectivity index (χ3v) is 2.76. The lowest BCUT2D eigenvalue weighted by Crippen LogP contribution is -2.15. The molecule has 1 unspecified atom stereocenters. The summed E-state index contributed by atoms with van der Waals surface area (Å²) in [5, 5.41) is 16.3. The Balaban J connectivity index is 1.80. The first-order chi connectivity index (χ1) is 7.28. The number of aliphatic hydroxyl groups is 1. The second-order valence-corrected chi connectivity index (χ2v) is 4.44. The summed E-state index contributed by atoms with van der Waals surface area (Å²) in [7, 11) is 0. The Morgan fingerprint density at radius 3 is 3.13 bits per heavy atom. The number of rotatable bonds is 6. The Morgan fingerprint density at radius 1 is 1.67 bits per heavy atom. The van der Waals surface area contributed by atoms with Crippen LogP contribution in [0.15, 0.2) is 12.4 Å². The summed E-state index contributed by atoms with van der Waals surface area (Å²) in [6.45, 7) is 2.92. The van der Waals surface area contributed by atoms with Crippen molar-refractivity contribution in [2.24, 2.45) is 5.92 Å². The van der Waals surface area contributed by atoms with Gasteiger partial charge in [-0.25, -0.2) is 0 Å². The van der Waals surface area contributed by atoms with Crippen molar-refractivity contribution in [3.05, 3.63) is 12.4 Å². The van der Waals surface area contributed by atoms with Crippen LogP contribution in [0.3, 0.4) is 0 Å². The molecule has 0 aliphatic heterocycles. The van der Waals surface area contributed by atoms with E-state index in [-0.39, 0.29) is 6.61 Å². The monoisotopic (exact) mass is 209 g/mol. The summed E-state index contributed by atoms with van der Waals surface area (Å²) in [6, 6.07) is 0.518. The number of hydrogen-bond acceptors (Lipinski definition) is 3. The van der Waals surface area contributed by atoms with Gasteiger partial charge < -0.3 is 10.4 Å². The molecular formula is C11H19N3O. The molecule has 2 rings (SSSR count). The summed E-state index contributed by atoms with van der Waals surface area (Å²) < 4.78 is 1.76. The van der Waals surface area contributed by atoms with Crippen molar-refractivity contribution in [1.29, 1.82) is 0 Å². The third kappa shape index (κ3) is 3.23. The zero-order valence-corrected chi connectivity index (χ0v) is 9.19. The van der Waals surface area contributed by atoms with Gasteiger partial charge in [0.25, 0.3) is 0 Å². The van der Waals surface area contributed by atoms with Crippen LogP contribution in [0, 0.1) is 5.92 Å². The van der Waals surface area contributed by atoms with E-state index < -0.39 is 0 Å². The molecular weight excluding hydrogens is 190 g/mol. The average molecular weight is 209 g/mol. The maximum Gasteiger partial charge on any atom is 0.0728 e. The van der Waals surface area contributed by atoms with Gasteiger partial charge in [-0.15, -0.1) is 0 Å². The molecule has 1 aromatic heterocycles. The molecule has 84 valence electrons. The molecule has 0 amide bonds. The predicted octanol–water partition coefficient (Wildman–Crippen LogP) is 1.48. The molecule has 15 heavy (non-hydrogen) atoms. The van der Waals surface area contributed by atoms with E-state index in [1.165, 1.54) is 19.3 Å². The van der Waals surface area contributed by atoms with Crippen LogP contribution in [0.2, 0.25) is 0 Å². The number of nitrogens with one attached hydrogen (secondary N) is 1. The first kappa shape index (κ1) is 10.5. The van der Waals surface area contributed by atoms with Gasteiger partial charge in [-0.3, -0.25) is 4.68 Å². The highest BCUT2D eigenvalue weighted by atomic mass is 16.3. The van der Waals surface area contributed by atoms with Gasteiger partial charge in [-0.1, -0.05) is 12.8 Å². The lowest BCUT2D eigenvalue weighted by molar-refractivity contribution is 0.269. The molecule has 1 saturated carbocycles. The number of anilines is 1. The van der Waals surface area contributed by atoms with Gasteiger partial charge in [0.2, 0.25) is 0 Å². The minimum Gasteiger partial charge on any atom is -0.394 e. The zero-order valence-electron chi connectivity index (χ0n) is 9.19. The van der Waals surface area contributed by atoms with Crippen molar-refractivity contribution < 1.29 is 5.11 Å². The first-order valence-corrected chi connectivity index (χ1v) is 5.68. The fourth-order valence-corrected chi connectivity index (χ4v) is 1.86. The van der Waals surface area contributed by atoms with Crippen LogP contribution >= 0.6 is 0 Å². The van der Waals surface area contributed by atoms with Gasteiger partial charge in [-0.05, 0) is 19.3 Å². The van der Waals surface area contributed by atoms with Crippen LogP contribution in [0.1, 0.15) is 26.2 Å². The van der Waals surface area contributed by atoms with Gasteiger partial charge in [0.15, 0.2) is 0 Å². The van der Waals surface area contributed by atoms with Crippen molar-refractivity contribution in [2.75, 3.05) is 11.9 Å². The minimum atomic E-state index is 0.138. The van der Waals surface area contributed by atoms with Crippen LogP contribution in [0.25, 0.3) is 0 Å². The Hall–Kier alpha value is -1.03. The number of hydrogen-bond donors (Lipinski definition) is 2. The molecule has 0 spiro atoms. The SMILES string of the molecule is CC(CC1CC1)Nc1cnn(CCO)c1. The summed E-state index contributed by atoms with van der Waals surface area (Å²) in [6.07, 6.45) is 7.81. The van der Waals surface area contributed by atoms with Crippen LogP contribution in [0.4, 0.5) is 5.69 Å². The van der Waals surface area contributed by atoms with Crippen molar-refractivity contribution in [3.63, 3.8) is 0 Å². The van der Waals surface area contributed by atoms with Gasteiger partial charge in [-0.2, -0.15) is 5.10 Å². The molecule has 4 heteroatoms. The molecule has 0 radical (unpaired) electrons. The largest absolute Gasteiger partial charge is 0.394 e. The predicted molar refractivity (Wildman–Crippen MR) is 59.7 cm³/mol. The summed E-state index contributed by atoms with van der Waals surface area (Å²) >= 11 is 0. The average Bonchev–Trinajstić information content (AvgIpc) is 2.88. The maximum atomic E-state index is 8.76. The lowest BCUT2D eigenvalue weighted by Gasteiger charge is -2.12. The molecule has 1 aliphatic carbocycles. The molecule has 1 aromatic rings. The van der Waals surface area contributed by atoms with Crippen molar-refractivity contribution in [1.82, 2.24) is 9.78 Å². The van der Waals surface area contributed by atoms with Gasteiger partial charge >= 0.3 is 0 Å². The molecule has 0 aromatic carbocycles. The maximum absolute atomic E-state index is 8.76. The van der Waals surface area contributed by atoms with Crippen LogP contribution in [-0.2, 0) is 6.54 Å². The van der Waals surface area contributed by atoms with E-state index >= 15 is 0 Å². The van der Waals surface area contributed by atoms with E-state index in [0.29, 0.717) is 12.6 Å². The molecule has 1 heterocycles. The quantitative estimate of drug-likeness (QED) is 0.746. The Labute approximate surface area is 90.3 Å². The Kier molecular flexibility index (Phi) is 3.26. The highest BCUT2D eigenvalue weighted by Gasteiger charge is 2.23. The van der Waals surface area contributed by atoms with E-state index in [9.17, 15) is 0 Å². The number of nitrogens with zero attached hydrogens (tertiary/aromatic N) is 2. The van der Waals surface area contributed by atoms with Crippen molar-refractivity contribution in [2.45, 2.75) is 38.8 Å². The van der Waals surface area contributed by atoms with Gasteiger partial charge in [0, 0.05) is 12.2 Å². The molecule has 0 saturated heterocycles. The fourth-order valence-electron chi connectivity index (χ4n) is 1.86. The Morgan fingerprint density at radius 2 is 2.47 bits per heavy atom. The molecule has 2 N–H and O–H groups in total. The van der Waals surface area contributed by atoms with E-state index in [1.807, 2.05) is 12.4 Å². The van der Waals surface area contributed by atoms with Crippen LogP contribution < -0.4 is 5.32 Å². The molecule has 1 atom stereocenters. The number of aliphatic hydroxyl groups excluding tert-OH is 1. The molecule has 1 aliphatic rings. The zero-order chi connectivity index (χ0) is 10.7. The summed E-state index contributed by atoms with van der Waals surface area (Å²) in [4.78, 5) is 0. The van der Waals surface area contributed by atoms with Crippen LogP contribution in [-0.4, -0.2) is 27.5 Å². The topological polar surface area (TPSA) is 50.1 Å². The highest BCUT2D eigenvalue weighted by molar-refractivity contribution is 5.39. The minimum absolute atomic E-state index is 0.138. The van der Waals surface area contributed by atoms with E-state index in [0.717, 1.165) is 11.6 Å². The van der Waals surface area contributed by atoms with Crippen molar-refractivity contribution in [3.8, 4) is 0 Å². The van der Waals surface area contributed by atoms with Gasteiger partial charge in [0.1, 0.15) is 0 Å². The van der Waals surface area contributed by atoms with Crippen LogP contribution in [0.5, 0.6) is 0 Å². The normalized spacial score (nSPS) is 17.7. The van der Waals surface area contributed by atoms with E-state index in [4.69, 9.17) is 5.11 Å². The van der Waals surface area contributed by atoms with E-state index in [2.05, 4.69) is 17.3 Å². The second kappa shape index (κ2) is 4.66.